The summed E-state index contributed by atoms with van der Waals surface area (Å²) in [5.74, 6) is 3.26. The Labute approximate surface area is 353 Å². The van der Waals surface area contributed by atoms with Gasteiger partial charge in [0.1, 0.15) is 0 Å². The van der Waals surface area contributed by atoms with E-state index in [1.165, 1.54) is 112 Å². The van der Waals surface area contributed by atoms with E-state index in [1.807, 2.05) is 0 Å². The molecule has 6 aromatic rings. The monoisotopic (exact) mass is 771 g/mol. The Morgan fingerprint density at radius 1 is 0.458 bits per heavy atom. The minimum absolute atomic E-state index is 0.0849. The molecule has 0 N–H and O–H groups in total. The van der Waals surface area contributed by atoms with Crippen molar-refractivity contribution >= 4 is 17.1 Å². The maximum absolute atomic E-state index is 2.72. The van der Waals surface area contributed by atoms with E-state index in [-0.39, 0.29) is 21.7 Å². The van der Waals surface area contributed by atoms with Gasteiger partial charge in [-0.3, -0.25) is 0 Å². The number of benzene rings is 6. The molecule has 0 aromatic heterocycles. The molecule has 0 amide bonds. The van der Waals surface area contributed by atoms with Crippen molar-refractivity contribution in [3.8, 4) is 33.4 Å². The van der Waals surface area contributed by atoms with E-state index < -0.39 is 0 Å². The normalized spacial score (nSPS) is 25.4. The van der Waals surface area contributed by atoms with E-state index in [2.05, 4.69) is 187 Å². The fraction of sp³-hybridized carbons (Fsp3) is 0.379. The van der Waals surface area contributed by atoms with Crippen molar-refractivity contribution in [2.75, 3.05) is 4.90 Å². The highest BCUT2D eigenvalue weighted by Gasteiger charge is 2.61. The Balaban J connectivity index is 1.18. The first kappa shape index (κ1) is 37.1. The smallest absolute Gasteiger partial charge is 0.0546 e. The fourth-order valence-electron chi connectivity index (χ4n) is 13.3. The van der Waals surface area contributed by atoms with E-state index >= 15 is 0 Å². The Kier molecular flexibility index (Phi) is 8.22. The summed E-state index contributed by atoms with van der Waals surface area (Å²) < 4.78 is 0. The van der Waals surface area contributed by atoms with Crippen LogP contribution in [0.4, 0.5) is 17.1 Å². The Morgan fingerprint density at radius 2 is 1.03 bits per heavy atom. The first-order valence-electron chi connectivity index (χ1n) is 22.8. The lowest BCUT2D eigenvalue weighted by atomic mass is 9.43. The molecule has 6 aliphatic rings. The minimum atomic E-state index is 0.0849. The highest BCUT2D eigenvalue weighted by molar-refractivity contribution is 5.95. The first-order valence-corrected chi connectivity index (χ1v) is 22.8. The second-order valence-corrected chi connectivity index (χ2v) is 21.7. The van der Waals surface area contributed by atoms with Gasteiger partial charge in [-0.25, -0.2) is 0 Å². The zero-order chi connectivity index (χ0) is 40.5. The molecule has 6 aromatic carbocycles. The third kappa shape index (κ3) is 5.70. The van der Waals surface area contributed by atoms with Gasteiger partial charge in [-0.15, -0.1) is 0 Å². The van der Waals surface area contributed by atoms with E-state index in [0.717, 1.165) is 23.7 Å². The Hall–Kier alpha value is -4.88. The molecule has 4 saturated carbocycles. The van der Waals surface area contributed by atoms with Crippen molar-refractivity contribution in [2.45, 2.75) is 115 Å². The number of hydrogen-bond donors (Lipinski definition) is 0. The molecule has 0 atom stereocenters. The molecule has 0 aliphatic heterocycles. The lowest BCUT2D eigenvalue weighted by molar-refractivity contribution is -0.0399. The van der Waals surface area contributed by atoms with Gasteiger partial charge in [0.25, 0.3) is 0 Å². The molecule has 4 fully saturated rings. The molecule has 0 radical (unpaired) electrons. The predicted molar refractivity (Wildman–Crippen MR) is 249 cm³/mol. The number of anilines is 3. The molecule has 0 saturated heterocycles. The highest BCUT2D eigenvalue weighted by Crippen LogP contribution is 2.70. The van der Waals surface area contributed by atoms with Crippen LogP contribution in [0.5, 0.6) is 0 Å². The second-order valence-electron chi connectivity index (χ2n) is 21.7. The van der Waals surface area contributed by atoms with E-state index in [4.69, 9.17) is 0 Å². The predicted octanol–water partition coefficient (Wildman–Crippen LogP) is 15.9. The van der Waals surface area contributed by atoms with Gasteiger partial charge in [0.15, 0.2) is 0 Å². The van der Waals surface area contributed by atoms with Gasteiger partial charge in [0.2, 0.25) is 0 Å². The lowest BCUT2D eigenvalue weighted by Crippen LogP contribution is -2.55. The zero-order valence-corrected chi connectivity index (χ0v) is 36.4. The van der Waals surface area contributed by atoms with Crippen LogP contribution in [-0.4, -0.2) is 0 Å². The molecule has 1 heteroatoms. The van der Waals surface area contributed by atoms with Crippen molar-refractivity contribution in [3.63, 3.8) is 0 Å². The summed E-state index contributed by atoms with van der Waals surface area (Å²) in [5, 5.41) is 0. The first-order chi connectivity index (χ1) is 28.3. The second kappa shape index (κ2) is 13.1. The van der Waals surface area contributed by atoms with Crippen molar-refractivity contribution < 1.29 is 0 Å². The fourth-order valence-corrected chi connectivity index (χ4v) is 13.3. The molecule has 6 aliphatic carbocycles. The van der Waals surface area contributed by atoms with Crippen LogP contribution < -0.4 is 4.90 Å². The molecule has 12 rings (SSSR count). The summed E-state index contributed by atoms with van der Waals surface area (Å²) in [6.07, 6.45) is 9.42. The van der Waals surface area contributed by atoms with E-state index in [9.17, 15) is 0 Å². The SMILES string of the molecule is CC(C)(C)c1ccc(-c2cc3c(cc2N(c2ccc(-c4ccccc4)cc2)c2ccc4c(c2)C(C)(C)CCC4(C)C)-c2ccccc2C32C3CC4CC(C3)CC2C4)cc1. The molecule has 298 valence electrons. The van der Waals surface area contributed by atoms with Crippen LogP contribution in [-0.2, 0) is 21.7 Å². The molecule has 1 nitrogen and oxygen atoms in total. The molecule has 1 spiro atoms. The number of nitrogens with zero attached hydrogens (tertiary/aromatic N) is 1. The maximum Gasteiger partial charge on any atom is 0.0546 e. The van der Waals surface area contributed by atoms with Gasteiger partial charge in [0, 0.05) is 22.4 Å². The molecular formula is C58H61N. The van der Waals surface area contributed by atoms with E-state index in [1.54, 1.807) is 11.1 Å². The standard InChI is InChI=1S/C58H61N/c1-55(2,3)42-21-17-41(18-22-42)48-35-52-49(47-15-11-12-16-50(47)58(52)43-30-37-29-38(32-43)33-44(58)31-37)36-54(48)59(45-23-19-40(20-24-45)39-13-9-8-10-14-39)46-25-26-51-53(34-46)57(6,7)28-27-56(51,4)5/h8-26,34-38,43-44H,27-33H2,1-7H3. The van der Waals surface area contributed by atoms with Crippen LogP contribution in [0.2, 0.25) is 0 Å². The molecule has 59 heavy (non-hydrogen) atoms. The van der Waals surface area contributed by atoms with Crippen molar-refractivity contribution in [1.82, 2.24) is 0 Å². The molecule has 0 unspecified atom stereocenters. The highest BCUT2D eigenvalue weighted by atomic mass is 15.1. The van der Waals surface area contributed by atoms with Crippen LogP contribution in [0.15, 0.2) is 133 Å². The molecule has 0 heterocycles. The summed E-state index contributed by atoms with van der Waals surface area (Å²) in [7, 11) is 0. The Morgan fingerprint density at radius 3 is 1.69 bits per heavy atom. The van der Waals surface area contributed by atoms with Gasteiger partial charge in [-0.1, -0.05) is 146 Å². The van der Waals surface area contributed by atoms with Crippen LogP contribution in [0.3, 0.4) is 0 Å². The van der Waals surface area contributed by atoms with Gasteiger partial charge in [-0.05, 0) is 177 Å². The Bertz CT molecular complexity index is 2550. The summed E-state index contributed by atoms with van der Waals surface area (Å²) >= 11 is 0. The quantitative estimate of drug-likeness (QED) is 0.169. The molecular weight excluding hydrogens is 711 g/mol. The number of fused-ring (bicyclic) bond motifs is 4. The topological polar surface area (TPSA) is 3.24 Å². The summed E-state index contributed by atoms with van der Waals surface area (Å²) in [5.41, 5.74) is 19.8. The van der Waals surface area contributed by atoms with Gasteiger partial charge in [0.05, 0.1) is 5.69 Å². The summed E-state index contributed by atoms with van der Waals surface area (Å²) in [4.78, 5) is 2.62. The largest absolute Gasteiger partial charge is 0.310 e. The number of rotatable bonds is 5. The van der Waals surface area contributed by atoms with Crippen molar-refractivity contribution in [3.05, 3.63) is 161 Å². The van der Waals surface area contributed by atoms with Crippen molar-refractivity contribution in [2.24, 2.45) is 23.7 Å². The third-order valence-corrected chi connectivity index (χ3v) is 16.3. The summed E-state index contributed by atoms with van der Waals surface area (Å²) in [6, 6.07) is 52.3. The average molecular weight is 772 g/mol. The lowest BCUT2D eigenvalue weighted by Gasteiger charge is -2.61. The van der Waals surface area contributed by atoms with E-state index in [0.29, 0.717) is 0 Å². The third-order valence-electron chi connectivity index (χ3n) is 16.3. The van der Waals surface area contributed by atoms with Crippen LogP contribution in [0.25, 0.3) is 33.4 Å². The minimum Gasteiger partial charge on any atom is -0.310 e. The molecule has 4 bridgehead atoms. The summed E-state index contributed by atoms with van der Waals surface area (Å²) in [6.45, 7) is 16.8. The van der Waals surface area contributed by atoms with Crippen LogP contribution >= 0.6 is 0 Å². The van der Waals surface area contributed by atoms with Gasteiger partial charge < -0.3 is 4.90 Å². The average Bonchev–Trinajstić information content (AvgIpc) is 3.51. The maximum atomic E-state index is 2.72. The number of hydrogen-bond acceptors (Lipinski definition) is 1. The van der Waals surface area contributed by atoms with Crippen molar-refractivity contribution in [1.29, 1.82) is 0 Å². The zero-order valence-electron chi connectivity index (χ0n) is 36.4. The van der Waals surface area contributed by atoms with Crippen LogP contribution in [0, 0.1) is 23.7 Å². The van der Waals surface area contributed by atoms with Gasteiger partial charge >= 0.3 is 0 Å². The van der Waals surface area contributed by atoms with Gasteiger partial charge in [-0.2, -0.15) is 0 Å². The van der Waals surface area contributed by atoms with Crippen LogP contribution in [0.1, 0.15) is 121 Å².